The summed E-state index contributed by atoms with van der Waals surface area (Å²) in [4.78, 5) is 12.1. The zero-order chi connectivity index (χ0) is 17.6. The zero-order valence-electron chi connectivity index (χ0n) is 11.9. The first-order valence-electron chi connectivity index (χ1n) is 6.51. The first-order valence-corrected chi connectivity index (χ1v) is 8.78. The fourth-order valence-electron chi connectivity index (χ4n) is 2.36. The summed E-state index contributed by atoms with van der Waals surface area (Å²) in [7, 11) is -4.20. The predicted octanol–water partition coefficient (Wildman–Crippen LogP) is -1.99. The van der Waals surface area contributed by atoms with Gasteiger partial charge in [-0.25, -0.2) is 20.1 Å². The average Bonchev–Trinajstić information content (AvgIpc) is 3.00. The molecule has 0 aromatic carbocycles. The minimum Gasteiger partial charge on any atom is -0.387 e. The van der Waals surface area contributed by atoms with E-state index in [1.807, 2.05) is 0 Å². The van der Waals surface area contributed by atoms with Gasteiger partial charge in [-0.2, -0.15) is 8.42 Å². The number of rotatable bonds is 4. The van der Waals surface area contributed by atoms with Crippen molar-refractivity contribution in [2.45, 2.75) is 24.5 Å². The highest BCUT2D eigenvalue weighted by molar-refractivity contribution is 9.10. The van der Waals surface area contributed by atoms with Gasteiger partial charge in [0.15, 0.2) is 17.7 Å². The van der Waals surface area contributed by atoms with Gasteiger partial charge >= 0.3 is 10.3 Å². The molecule has 1 aliphatic rings. The van der Waals surface area contributed by atoms with Gasteiger partial charge in [-0.05, 0) is 15.9 Å². The number of anilines is 1. The second-order valence-electron chi connectivity index (χ2n) is 5.03. The molecule has 0 saturated carbocycles. The normalized spacial score (nSPS) is 27.8. The van der Waals surface area contributed by atoms with Crippen LogP contribution in [0.15, 0.2) is 11.1 Å². The molecule has 12 nitrogen and oxygen atoms in total. The van der Waals surface area contributed by atoms with Gasteiger partial charge in [-0.15, -0.1) is 0 Å². The molecule has 2 aromatic heterocycles. The van der Waals surface area contributed by atoms with Crippen molar-refractivity contribution >= 4 is 43.2 Å². The van der Waals surface area contributed by atoms with Crippen molar-refractivity contribution in [1.82, 2.24) is 19.5 Å². The number of aliphatic hydroxyl groups excluding tert-OH is 2. The molecule has 0 spiro atoms. The summed E-state index contributed by atoms with van der Waals surface area (Å²) >= 11 is 3.10. The Hall–Kier alpha value is -1.42. The molecule has 0 amide bonds. The van der Waals surface area contributed by atoms with Crippen molar-refractivity contribution in [1.29, 1.82) is 0 Å². The number of hydrogen-bond acceptors (Lipinski definition) is 10. The Morgan fingerprint density at radius 1 is 1.38 bits per heavy atom. The summed E-state index contributed by atoms with van der Waals surface area (Å²) in [5.74, 6) is 0.118. The Bertz CT molecular complexity index is 874. The molecule has 0 unspecified atom stereocenters. The highest BCUT2D eigenvalue weighted by Gasteiger charge is 2.45. The summed E-state index contributed by atoms with van der Waals surface area (Å²) in [6, 6.07) is 0. The monoisotopic (exact) mass is 424 g/mol. The number of nitrogens with zero attached hydrogens (tertiary/aromatic N) is 4. The smallest absolute Gasteiger partial charge is 0.333 e. The topological polar surface area (TPSA) is 189 Å². The number of hydrogen-bond donors (Lipinski definition) is 4. The third kappa shape index (κ3) is 3.21. The predicted molar refractivity (Wildman–Crippen MR) is 82.4 cm³/mol. The third-order valence-electron chi connectivity index (χ3n) is 3.43. The van der Waals surface area contributed by atoms with Crippen molar-refractivity contribution in [3.63, 3.8) is 0 Å². The number of nitrogens with two attached hydrogens (primary N) is 2. The molecule has 3 rings (SSSR count). The zero-order valence-corrected chi connectivity index (χ0v) is 14.3. The summed E-state index contributed by atoms with van der Waals surface area (Å²) in [5.41, 5.74) is 6.29. The van der Waals surface area contributed by atoms with E-state index >= 15 is 0 Å². The quantitative estimate of drug-likeness (QED) is 0.399. The molecular formula is C10H13BrN6O6S. The average molecular weight is 425 g/mol. The Morgan fingerprint density at radius 3 is 2.75 bits per heavy atom. The Labute approximate surface area is 143 Å². The van der Waals surface area contributed by atoms with E-state index in [1.165, 1.54) is 10.9 Å². The molecule has 1 fully saturated rings. The molecule has 14 heteroatoms. The van der Waals surface area contributed by atoms with Crippen LogP contribution in [0.4, 0.5) is 5.82 Å². The molecule has 0 radical (unpaired) electrons. The van der Waals surface area contributed by atoms with Crippen LogP contribution in [-0.2, 0) is 19.2 Å². The van der Waals surface area contributed by atoms with Crippen LogP contribution in [-0.4, -0.2) is 63.1 Å². The molecular weight excluding hydrogens is 412 g/mol. The van der Waals surface area contributed by atoms with E-state index in [0.717, 1.165) is 0 Å². The number of fused-ring (bicyclic) bond motifs is 1. The molecule has 6 N–H and O–H groups in total. The van der Waals surface area contributed by atoms with Gasteiger partial charge < -0.3 is 20.7 Å². The van der Waals surface area contributed by atoms with Crippen LogP contribution >= 0.6 is 15.9 Å². The minimum absolute atomic E-state index is 0.118. The van der Waals surface area contributed by atoms with Crippen molar-refractivity contribution < 1.29 is 27.6 Å². The van der Waals surface area contributed by atoms with Gasteiger partial charge in [0.2, 0.25) is 4.73 Å². The Morgan fingerprint density at radius 2 is 2.08 bits per heavy atom. The number of ether oxygens (including phenoxy) is 1. The molecule has 4 atom stereocenters. The molecule has 132 valence electrons. The maximum atomic E-state index is 10.8. The highest BCUT2D eigenvalue weighted by Crippen LogP contribution is 2.32. The lowest BCUT2D eigenvalue weighted by Crippen LogP contribution is -2.35. The van der Waals surface area contributed by atoms with E-state index in [4.69, 9.17) is 15.6 Å². The molecule has 1 aliphatic heterocycles. The van der Waals surface area contributed by atoms with E-state index in [0.29, 0.717) is 0 Å². The van der Waals surface area contributed by atoms with Crippen molar-refractivity contribution in [3.8, 4) is 0 Å². The second-order valence-corrected chi connectivity index (χ2v) is 6.96. The Kier molecular flexibility index (Phi) is 4.45. The van der Waals surface area contributed by atoms with E-state index < -0.39 is 41.5 Å². The van der Waals surface area contributed by atoms with Crippen LogP contribution in [0.5, 0.6) is 0 Å². The maximum absolute atomic E-state index is 10.8. The molecule has 0 aliphatic carbocycles. The lowest BCUT2D eigenvalue weighted by molar-refractivity contribution is -0.0467. The van der Waals surface area contributed by atoms with Crippen LogP contribution in [0.1, 0.15) is 6.23 Å². The SMILES string of the molecule is Nc1nc(Br)nc2c1ncn2[C@@H]1O[C@H](COS(N)(=O)=O)[C@@H](O)[C@H]1O. The van der Waals surface area contributed by atoms with Crippen LogP contribution in [0, 0.1) is 0 Å². The fourth-order valence-corrected chi connectivity index (χ4v) is 3.04. The van der Waals surface area contributed by atoms with Crippen molar-refractivity contribution in [2.24, 2.45) is 5.14 Å². The van der Waals surface area contributed by atoms with Gasteiger partial charge in [-0.3, -0.25) is 8.75 Å². The van der Waals surface area contributed by atoms with Crippen molar-refractivity contribution in [3.05, 3.63) is 11.1 Å². The minimum atomic E-state index is -4.20. The number of imidazole rings is 1. The summed E-state index contributed by atoms with van der Waals surface area (Å²) in [6.45, 7) is -0.555. The van der Waals surface area contributed by atoms with Crippen LogP contribution in [0.3, 0.4) is 0 Å². The van der Waals surface area contributed by atoms with Crippen LogP contribution in [0.2, 0.25) is 0 Å². The standard InChI is InChI=1S/C10H13BrN6O6S/c11-10-15-7(12)4-8(16-10)17(2-14-4)9-6(19)5(18)3(23-9)1-22-24(13,20)21/h2-3,5-6,9,18-19H,1H2,(H2,12,15,16)(H2,13,20,21)/t3-,5-,6-,9-/m1/s1. The number of nitrogen functional groups attached to an aromatic ring is 1. The molecule has 3 heterocycles. The lowest BCUT2D eigenvalue weighted by Gasteiger charge is -2.16. The first-order chi connectivity index (χ1) is 11.2. The first kappa shape index (κ1) is 17.4. The largest absolute Gasteiger partial charge is 0.387 e. The van der Waals surface area contributed by atoms with Gasteiger partial charge in [0.25, 0.3) is 0 Å². The van der Waals surface area contributed by atoms with Gasteiger partial charge in [0.05, 0.1) is 12.9 Å². The maximum Gasteiger partial charge on any atom is 0.333 e. The molecule has 1 saturated heterocycles. The number of aromatic nitrogens is 4. The van der Waals surface area contributed by atoms with Gasteiger partial charge in [-0.1, -0.05) is 0 Å². The summed E-state index contributed by atoms with van der Waals surface area (Å²) in [5, 5.41) is 24.9. The molecule has 0 bridgehead atoms. The van der Waals surface area contributed by atoms with E-state index in [-0.39, 0.29) is 21.7 Å². The molecule has 24 heavy (non-hydrogen) atoms. The Balaban J connectivity index is 1.90. The van der Waals surface area contributed by atoms with E-state index in [9.17, 15) is 18.6 Å². The number of aliphatic hydroxyl groups is 2. The second kappa shape index (κ2) is 6.14. The fraction of sp³-hybridized carbons (Fsp3) is 0.500. The summed E-state index contributed by atoms with van der Waals surface area (Å²) < 4.78 is 33.1. The molecule has 2 aromatic rings. The lowest BCUT2D eigenvalue weighted by atomic mass is 10.1. The summed E-state index contributed by atoms with van der Waals surface area (Å²) in [6.07, 6.45) is -3.68. The van der Waals surface area contributed by atoms with E-state index in [1.54, 1.807) is 0 Å². The van der Waals surface area contributed by atoms with Gasteiger partial charge in [0, 0.05) is 0 Å². The van der Waals surface area contributed by atoms with Crippen LogP contribution in [0.25, 0.3) is 11.2 Å². The van der Waals surface area contributed by atoms with Crippen LogP contribution < -0.4 is 10.9 Å². The van der Waals surface area contributed by atoms with E-state index in [2.05, 4.69) is 35.1 Å². The van der Waals surface area contributed by atoms with Crippen molar-refractivity contribution in [2.75, 3.05) is 12.3 Å². The highest BCUT2D eigenvalue weighted by atomic mass is 79.9. The number of halogens is 1. The third-order valence-corrected chi connectivity index (χ3v) is 4.25. The van der Waals surface area contributed by atoms with Gasteiger partial charge in [0.1, 0.15) is 23.8 Å².